The van der Waals surface area contributed by atoms with Crippen LogP contribution >= 0.6 is 0 Å². The molecule has 6 heteroatoms. The van der Waals surface area contributed by atoms with Crippen LogP contribution in [0.3, 0.4) is 0 Å². The third-order valence-electron chi connectivity index (χ3n) is 3.84. The van der Waals surface area contributed by atoms with Gasteiger partial charge in [0.05, 0.1) is 19.5 Å². The number of benzene rings is 1. The van der Waals surface area contributed by atoms with Crippen LogP contribution in [0, 0.1) is 0 Å². The van der Waals surface area contributed by atoms with Gasteiger partial charge in [0.1, 0.15) is 17.3 Å². The molecular formula is C19H26N4O2. The molecule has 25 heavy (non-hydrogen) atoms. The fourth-order valence-corrected chi connectivity index (χ4v) is 2.44. The minimum absolute atomic E-state index is 0.222. The number of methoxy groups -OCH3 is 1. The Kier molecular flexibility index (Phi) is 7.69. The topological polar surface area (TPSA) is 76.1 Å². The van der Waals surface area contributed by atoms with Crippen molar-refractivity contribution in [3.05, 3.63) is 47.9 Å². The van der Waals surface area contributed by atoms with Gasteiger partial charge in [-0.25, -0.2) is 9.97 Å². The summed E-state index contributed by atoms with van der Waals surface area (Å²) >= 11 is 0. The van der Waals surface area contributed by atoms with E-state index in [0.717, 1.165) is 24.3 Å². The molecule has 0 unspecified atom stereocenters. The summed E-state index contributed by atoms with van der Waals surface area (Å²) in [4.78, 5) is 20.5. The number of para-hydroxylation sites is 1. The van der Waals surface area contributed by atoms with E-state index in [1.165, 1.54) is 19.0 Å². The summed E-state index contributed by atoms with van der Waals surface area (Å²) in [6, 6.07) is 7.78. The molecule has 1 aromatic heterocycles. The van der Waals surface area contributed by atoms with Gasteiger partial charge in [-0.3, -0.25) is 4.79 Å². The number of nitrogens with one attached hydrogen (secondary N) is 2. The van der Waals surface area contributed by atoms with Gasteiger partial charge in [0.2, 0.25) is 0 Å². The highest BCUT2D eigenvalue weighted by Gasteiger charge is 2.08. The maximum Gasteiger partial charge on any atom is 0.271 e. The summed E-state index contributed by atoms with van der Waals surface area (Å²) in [5, 5.41) is 6.06. The van der Waals surface area contributed by atoms with Crippen LogP contribution in [0.15, 0.2) is 36.7 Å². The lowest BCUT2D eigenvalue weighted by atomic mass is 10.1. The number of hydrogen-bond donors (Lipinski definition) is 2. The average molecular weight is 342 g/mol. The summed E-state index contributed by atoms with van der Waals surface area (Å²) in [5.41, 5.74) is 1.38. The van der Waals surface area contributed by atoms with Gasteiger partial charge < -0.3 is 15.4 Å². The van der Waals surface area contributed by atoms with E-state index in [0.29, 0.717) is 24.5 Å². The zero-order valence-corrected chi connectivity index (χ0v) is 14.9. The Bertz CT molecular complexity index is 659. The molecule has 1 amide bonds. The van der Waals surface area contributed by atoms with Crippen LogP contribution in [-0.4, -0.2) is 36.1 Å². The molecule has 0 saturated heterocycles. The Morgan fingerprint density at radius 2 is 1.96 bits per heavy atom. The van der Waals surface area contributed by atoms with Crippen LogP contribution in [0.25, 0.3) is 0 Å². The highest BCUT2D eigenvalue weighted by molar-refractivity contribution is 5.92. The number of unbranched alkanes of at least 4 members (excludes halogenated alkanes) is 2. The van der Waals surface area contributed by atoms with Gasteiger partial charge in [0.15, 0.2) is 0 Å². The summed E-state index contributed by atoms with van der Waals surface area (Å²) in [7, 11) is 1.64. The fraction of sp³-hybridized carbons (Fsp3) is 0.421. The third-order valence-corrected chi connectivity index (χ3v) is 3.84. The minimum Gasteiger partial charge on any atom is -0.496 e. The average Bonchev–Trinajstić information content (AvgIpc) is 2.66. The molecular weight excluding hydrogens is 316 g/mol. The lowest BCUT2D eigenvalue weighted by Crippen LogP contribution is -2.26. The van der Waals surface area contributed by atoms with E-state index in [1.807, 2.05) is 24.3 Å². The molecule has 0 atom stereocenters. The first-order valence-electron chi connectivity index (χ1n) is 8.70. The summed E-state index contributed by atoms with van der Waals surface area (Å²) in [5.74, 6) is 1.30. The van der Waals surface area contributed by atoms with Crippen molar-refractivity contribution < 1.29 is 9.53 Å². The number of aromatic nitrogens is 2. The number of ether oxygens (including phenoxy) is 1. The standard InChI is InChI=1S/C19H26N4O2/c1-3-4-7-11-20-18-14-22-16(13-23-18)19(24)21-12-10-15-8-5-6-9-17(15)25-2/h5-6,8-9,13-14H,3-4,7,10-12H2,1-2H3,(H,20,23)(H,21,24). The van der Waals surface area contributed by atoms with Gasteiger partial charge in [-0.15, -0.1) is 0 Å². The van der Waals surface area contributed by atoms with Crippen molar-refractivity contribution in [3.63, 3.8) is 0 Å². The van der Waals surface area contributed by atoms with E-state index < -0.39 is 0 Å². The highest BCUT2D eigenvalue weighted by atomic mass is 16.5. The van der Waals surface area contributed by atoms with E-state index in [-0.39, 0.29) is 5.91 Å². The predicted octanol–water partition coefficient (Wildman–Crippen LogP) is 3.06. The first kappa shape index (κ1) is 18.7. The van der Waals surface area contributed by atoms with Gasteiger partial charge in [0, 0.05) is 13.1 Å². The molecule has 0 fully saturated rings. The monoisotopic (exact) mass is 342 g/mol. The summed E-state index contributed by atoms with van der Waals surface area (Å²) in [6.45, 7) is 3.55. The number of hydrogen-bond acceptors (Lipinski definition) is 5. The van der Waals surface area contributed by atoms with Crippen molar-refractivity contribution >= 4 is 11.7 Å². The predicted molar refractivity (Wildman–Crippen MR) is 99.1 cm³/mol. The van der Waals surface area contributed by atoms with Crippen molar-refractivity contribution in [1.82, 2.24) is 15.3 Å². The van der Waals surface area contributed by atoms with E-state index in [1.54, 1.807) is 13.3 Å². The molecule has 0 aliphatic carbocycles. The number of amides is 1. The molecule has 2 aromatic rings. The maximum atomic E-state index is 12.1. The number of anilines is 1. The first-order chi connectivity index (χ1) is 12.2. The van der Waals surface area contributed by atoms with Crippen LogP contribution in [0.2, 0.25) is 0 Å². The second-order valence-electron chi connectivity index (χ2n) is 5.74. The lowest BCUT2D eigenvalue weighted by Gasteiger charge is -2.09. The Balaban J connectivity index is 1.78. The molecule has 0 bridgehead atoms. The fourth-order valence-electron chi connectivity index (χ4n) is 2.44. The van der Waals surface area contributed by atoms with Crippen LogP contribution in [0.5, 0.6) is 5.75 Å². The van der Waals surface area contributed by atoms with Crippen molar-refractivity contribution in [3.8, 4) is 5.75 Å². The van der Waals surface area contributed by atoms with Crippen molar-refractivity contribution in [1.29, 1.82) is 0 Å². The minimum atomic E-state index is -0.222. The quantitative estimate of drug-likeness (QED) is 0.649. The molecule has 134 valence electrons. The second-order valence-corrected chi connectivity index (χ2v) is 5.74. The molecule has 0 aliphatic rings. The zero-order valence-electron chi connectivity index (χ0n) is 14.9. The summed E-state index contributed by atoms with van der Waals surface area (Å²) < 4.78 is 5.31. The Morgan fingerprint density at radius 3 is 2.68 bits per heavy atom. The van der Waals surface area contributed by atoms with E-state index in [2.05, 4.69) is 27.5 Å². The number of nitrogens with zero attached hydrogens (tertiary/aromatic N) is 2. The van der Waals surface area contributed by atoms with Gasteiger partial charge in [-0.2, -0.15) is 0 Å². The second kappa shape index (κ2) is 10.3. The maximum absolute atomic E-state index is 12.1. The molecule has 0 saturated carbocycles. The zero-order chi connectivity index (χ0) is 17.9. The van der Waals surface area contributed by atoms with E-state index in [4.69, 9.17) is 4.74 Å². The van der Waals surface area contributed by atoms with Crippen LogP contribution in [-0.2, 0) is 6.42 Å². The number of rotatable bonds is 10. The van der Waals surface area contributed by atoms with Gasteiger partial charge in [-0.1, -0.05) is 38.0 Å². The normalized spacial score (nSPS) is 10.3. The molecule has 0 aliphatic heterocycles. The van der Waals surface area contributed by atoms with Crippen LogP contribution < -0.4 is 15.4 Å². The Labute approximate surface area is 149 Å². The first-order valence-corrected chi connectivity index (χ1v) is 8.70. The van der Waals surface area contributed by atoms with Crippen LogP contribution in [0.1, 0.15) is 42.2 Å². The van der Waals surface area contributed by atoms with Gasteiger partial charge in [0.25, 0.3) is 5.91 Å². The molecule has 0 radical (unpaired) electrons. The molecule has 6 nitrogen and oxygen atoms in total. The molecule has 1 heterocycles. The van der Waals surface area contributed by atoms with Gasteiger partial charge >= 0.3 is 0 Å². The Hall–Kier alpha value is -2.63. The largest absolute Gasteiger partial charge is 0.496 e. The van der Waals surface area contributed by atoms with E-state index >= 15 is 0 Å². The smallest absolute Gasteiger partial charge is 0.271 e. The molecule has 2 N–H and O–H groups in total. The van der Waals surface area contributed by atoms with Gasteiger partial charge in [-0.05, 0) is 24.5 Å². The summed E-state index contributed by atoms with van der Waals surface area (Å²) in [6.07, 6.45) is 7.26. The molecule has 2 rings (SSSR count). The number of carbonyl (C=O) groups excluding carboxylic acids is 1. The number of carbonyl (C=O) groups is 1. The Morgan fingerprint density at radius 1 is 1.12 bits per heavy atom. The third kappa shape index (κ3) is 6.06. The molecule has 0 spiro atoms. The van der Waals surface area contributed by atoms with Crippen molar-refractivity contribution in [2.75, 3.05) is 25.5 Å². The van der Waals surface area contributed by atoms with Crippen molar-refractivity contribution in [2.24, 2.45) is 0 Å². The SMILES string of the molecule is CCCCCNc1cnc(C(=O)NCCc2ccccc2OC)cn1. The van der Waals surface area contributed by atoms with Crippen LogP contribution in [0.4, 0.5) is 5.82 Å². The highest BCUT2D eigenvalue weighted by Crippen LogP contribution is 2.17. The van der Waals surface area contributed by atoms with E-state index in [9.17, 15) is 4.79 Å². The molecule has 1 aromatic carbocycles. The van der Waals surface area contributed by atoms with Crippen molar-refractivity contribution in [2.45, 2.75) is 32.6 Å². The lowest BCUT2D eigenvalue weighted by molar-refractivity contribution is 0.0948.